The van der Waals surface area contributed by atoms with Crippen LogP contribution < -0.4 is 0 Å². The van der Waals surface area contributed by atoms with Crippen LogP contribution in [-0.2, 0) is 0 Å². The van der Waals surface area contributed by atoms with Crippen LogP contribution in [0.2, 0.25) is 0 Å². The van der Waals surface area contributed by atoms with Gasteiger partial charge in [0.25, 0.3) is 0 Å². The fraction of sp³-hybridized carbons (Fsp3) is 0.238. The number of allylic oxidation sites excluding steroid dienone is 1. The Balaban J connectivity index is 0.000000868. The van der Waals surface area contributed by atoms with Crippen molar-refractivity contribution >= 4 is 11.3 Å². The minimum absolute atomic E-state index is 0.393. The predicted octanol–water partition coefficient (Wildman–Crippen LogP) is 6.44. The zero-order valence-corrected chi connectivity index (χ0v) is 14.4. The second-order valence-electron chi connectivity index (χ2n) is 4.39. The van der Waals surface area contributed by atoms with E-state index >= 15 is 0 Å². The van der Waals surface area contributed by atoms with E-state index < -0.39 is 0 Å². The minimum atomic E-state index is 0.393. The summed E-state index contributed by atoms with van der Waals surface area (Å²) in [6.07, 6.45) is 1.25. The van der Waals surface area contributed by atoms with Crippen LogP contribution in [0.4, 0.5) is 0 Å². The molecule has 0 aromatic heterocycles. The highest BCUT2D eigenvalue weighted by atomic mass is 14.7. The fourth-order valence-corrected chi connectivity index (χ4v) is 1.72. The Morgan fingerprint density at radius 1 is 0.913 bits per heavy atom. The van der Waals surface area contributed by atoms with Gasteiger partial charge in [0.05, 0.1) is 18.2 Å². The topological polar surface area (TPSA) is 28.1 Å². The van der Waals surface area contributed by atoms with E-state index in [1.165, 1.54) is 6.42 Å². The summed E-state index contributed by atoms with van der Waals surface area (Å²) in [7, 11) is 0. The first-order valence-electron chi connectivity index (χ1n) is 7.91. The number of benzene rings is 2. The average molecular weight is 304 g/mol. The molecule has 118 valence electrons. The molecule has 0 aliphatic heterocycles. The van der Waals surface area contributed by atoms with Gasteiger partial charge < -0.3 is 0 Å². The van der Waals surface area contributed by atoms with Crippen molar-refractivity contribution in [2.75, 3.05) is 0 Å². The molecule has 2 aromatic rings. The Morgan fingerprint density at radius 3 is 1.65 bits per heavy atom. The second-order valence-corrected chi connectivity index (χ2v) is 4.39. The summed E-state index contributed by atoms with van der Waals surface area (Å²) in [5, 5.41) is 9.29. The third-order valence-corrected chi connectivity index (χ3v) is 2.57. The van der Waals surface area contributed by atoms with Crippen molar-refractivity contribution < 1.29 is 0 Å². The first kappa shape index (κ1) is 20.2. The van der Waals surface area contributed by atoms with Gasteiger partial charge in [-0.1, -0.05) is 94.8 Å². The third kappa shape index (κ3) is 6.64. The molecule has 0 heterocycles. The maximum Gasteiger partial charge on any atom is 0.212 e. The van der Waals surface area contributed by atoms with Gasteiger partial charge in [0.15, 0.2) is 0 Å². The number of hydrogen-bond donors (Lipinski definition) is 0. The lowest BCUT2D eigenvalue weighted by molar-refractivity contribution is 1.09. The predicted molar refractivity (Wildman–Crippen MR) is 99.2 cm³/mol. The summed E-state index contributed by atoms with van der Waals surface area (Å²) >= 11 is 0. The lowest BCUT2D eigenvalue weighted by Crippen LogP contribution is -1.87. The van der Waals surface area contributed by atoms with Gasteiger partial charge in [-0.2, -0.15) is 5.26 Å². The highest BCUT2D eigenvalue weighted by Crippen LogP contribution is 2.26. The van der Waals surface area contributed by atoms with E-state index in [-0.39, 0.29) is 0 Å². The maximum atomic E-state index is 9.29. The molecule has 0 fully saturated rings. The molecule has 0 spiro atoms. The van der Waals surface area contributed by atoms with Crippen molar-refractivity contribution in [3.05, 3.63) is 83.2 Å². The lowest BCUT2D eigenvalue weighted by Gasteiger charge is -2.03. The quantitative estimate of drug-likeness (QED) is 0.356. The molecule has 0 N–H and O–H groups in total. The SMILES string of the molecule is CC.CCC.[C-]#[N+]/C(=C(/C#N)c1ccccc1)c1ccccc1. The molecule has 0 atom stereocenters. The van der Waals surface area contributed by atoms with Crippen molar-refractivity contribution in [1.29, 1.82) is 5.26 Å². The molecule has 2 aromatic carbocycles. The van der Waals surface area contributed by atoms with Gasteiger partial charge in [0.2, 0.25) is 5.70 Å². The van der Waals surface area contributed by atoms with Crippen molar-refractivity contribution in [2.24, 2.45) is 0 Å². The van der Waals surface area contributed by atoms with Crippen LogP contribution in [0.5, 0.6) is 0 Å². The van der Waals surface area contributed by atoms with Crippen molar-refractivity contribution in [2.45, 2.75) is 34.1 Å². The normalized spacial score (nSPS) is 9.65. The second kappa shape index (κ2) is 12.9. The first-order chi connectivity index (χ1) is 11.3. The lowest BCUT2D eigenvalue weighted by atomic mass is 10.0. The molecule has 0 aliphatic rings. The van der Waals surface area contributed by atoms with Gasteiger partial charge in [0.1, 0.15) is 0 Å². The van der Waals surface area contributed by atoms with E-state index in [1.54, 1.807) is 0 Å². The number of rotatable bonds is 2. The van der Waals surface area contributed by atoms with Gasteiger partial charge in [-0.05, 0) is 11.1 Å². The van der Waals surface area contributed by atoms with Crippen molar-refractivity contribution in [1.82, 2.24) is 0 Å². The molecular weight excluding hydrogens is 280 g/mol. The van der Waals surface area contributed by atoms with E-state index in [0.29, 0.717) is 11.3 Å². The van der Waals surface area contributed by atoms with Crippen LogP contribution in [0.15, 0.2) is 60.7 Å². The van der Waals surface area contributed by atoms with Gasteiger partial charge in [-0.25, -0.2) is 4.85 Å². The van der Waals surface area contributed by atoms with E-state index in [2.05, 4.69) is 24.8 Å². The van der Waals surface area contributed by atoms with Gasteiger partial charge in [0, 0.05) is 0 Å². The zero-order chi connectivity index (χ0) is 17.5. The van der Waals surface area contributed by atoms with Crippen LogP contribution in [-0.4, -0.2) is 0 Å². The Hall–Kier alpha value is -2.84. The zero-order valence-electron chi connectivity index (χ0n) is 14.4. The highest BCUT2D eigenvalue weighted by Gasteiger charge is 2.10. The van der Waals surface area contributed by atoms with Crippen LogP contribution in [0, 0.1) is 17.9 Å². The van der Waals surface area contributed by atoms with Crippen molar-refractivity contribution in [3.8, 4) is 6.07 Å². The van der Waals surface area contributed by atoms with E-state index in [0.717, 1.165) is 11.1 Å². The van der Waals surface area contributed by atoms with E-state index in [9.17, 15) is 5.26 Å². The molecule has 0 radical (unpaired) electrons. The van der Waals surface area contributed by atoms with Gasteiger partial charge in [-0.15, -0.1) is 0 Å². The molecule has 0 saturated heterocycles. The van der Waals surface area contributed by atoms with Crippen LogP contribution in [0.3, 0.4) is 0 Å². The Labute approximate surface area is 140 Å². The highest BCUT2D eigenvalue weighted by molar-refractivity contribution is 5.99. The fourth-order valence-electron chi connectivity index (χ4n) is 1.72. The van der Waals surface area contributed by atoms with Crippen molar-refractivity contribution in [3.63, 3.8) is 0 Å². The number of nitrogens with zero attached hydrogens (tertiary/aromatic N) is 2. The number of nitriles is 1. The smallest absolute Gasteiger partial charge is 0.212 e. The summed E-state index contributed by atoms with van der Waals surface area (Å²) in [4.78, 5) is 3.51. The molecule has 0 saturated carbocycles. The molecule has 23 heavy (non-hydrogen) atoms. The summed E-state index contributed by atoms with van der Waals surface area (Å²) in [6.45, 7) is 15.5. The summed E-state index contributed by atoms with van der Waals surface area (Å²) < 4.78 is 0. The van der Waals surface area contributed by atoms with Gasteiger partial charge in [-0.3, -0.25) is 0 Å². The Morgan fingerprint density at radius 2 is 1.30 bits per heavy atom. The Kier molecular flexibility index (Phi) is 11.3. The van der Waals surface area contributed by atoms with Crippen LogP contribution in [0.25, 0.3) is 16.1 Å². The molecule has 0 unspecified atom stereocenters. The molecule has 0 aliphatic carbocycles. The molecule has 2 nitrogen and oxygen atoms in total. The molecule has 2 heteroatoms. The van der Waals surface area contributed by atoms with Crippen LogP contribution in [0.1, 0.15) is 45.2 Å². The third-order valence-electron chi connectivity index (χ3n) is 2.57. The summed E-state index contributed by atoms with van der Waals surface area (Å²) in [5.41, 5.74) is 2.35. The minimum Gasteiger partial charge on any atom is -0.236 e. The van der Waals surface area contributed by atoms with E-state index in [4.69, 9.17) is 6.57 Å². The Bertz CT molecular complexity index is 597. The molecule has 0 bridgehead atoms. The first-order valence-corrected chi connectivity index (χ1v) is 7.91. The molecule has 2 rings (SSSR count). The summed E-state index contributed by atoms with van der Waals surface area (Å²) in [5.74, 6) is 0. The van der Waals surface area contributed by atoms with Crippen LogP contribution >= 0.6 is 0 Å². The largest absolute Gasteiger partial charge is 0.236 e. The summed E-state index contributed by atoms with van der Waals surface area (Å²) in [6, 6.07) is 20.7. The standard InChI is InChI=1S/C16H10N2.C3H8.C2H6/c1-18-16(14-10-6-3-7-11-14)15(12-17)13-8-4-2-5-9-13;1-3-2;1-2/h2-11H;3H2,1-2H3;1-2H3/b16-15-;;. The number of hydrogen-bond acceptors (Lipinski definition) is 1. The average Bonchev–Trinajstić information content (AvgIpc) is 2.63. The molecular formula is C21H24N2. The molecule has 0 amide bonds. The van der Waals surface area contributed by atoms with Gasteiger partial charge >= 0.3 is 0 Å². The maximum absolute atomic E-state index is 9.29. The monoisotopic (exact) mass is 304 g/mol. The van der Waals surface area contributed by atoms with E-state index in [1.807, 2.05) is 74.5 Å².